The zero-order valence-electron chi connectivity index (χ0n) is 15.0. The van der Waals surface area contributed by atoms with Gasteiger partial charge < -0.3 is 4.90 Å². The van der Waals surface area contributed by atoms with E-state index in [1.165, 1.54) is 17.5 Å². The average molecular weight is 373 g/mol. The number of amides is 1. The average Bonchev–Trinajstić information content (AvgIpc) is 2.68. The molecule has 0 bridgehead atoms. The van der Waals surface area contributed by atoms with Crippen LogP contribution in [-0.4, -0.2) is 44.3 Å². The molecule has 0 aliphatic carbocycles. The Bertz CT molecular complexity index is 876. The van der Waals surface area contributed by atoms with Crippen LogP contribution in [0.3, 0.4) is 0 Å². The van der Waals surface area contributed by atoms with Crippen LogP contribution < -0.4 is 4.31 Å². The van der Waals surface area contributed by atoms with Gasteiger partial charge >= 0.3 is 0 Å². The van der Waals surface area contributed by atoms with Crippen molar-refractivity contribution < 1.29 is 13.2 Å². The fourth-order valence-electron chi connectivity index (χ4n) is 3.00. The van der Waals surface area contributed by atoms with Crippen molar-refractivity contribution in [3.05, 3.63) is 54.4 Å². The van der Waals surface area contributed by atoms with Crippen LogP contribution in [0.25, 0.3) is 0 Å². The number of hydrogen-bond acceptors (Lipinski definition) is 4. The Balaban J connectivity index is 1.84. The highest BCUT2D eigenvalue weighted by atomic mass is 32.2. The predicted octanol–water partition coefficient (Wildman–Crippen LogP) is 2.78. The lowest BCUT2D eigenvalue weighted by Crippen LogP contribution is -2.38. The molecular weight excluding hydrogens is 350 g/mol. The number of piperidine rings is 1. The van der Waals surface area contributed by atoms with Crippen molar-refractivity contribution >= 4 is 21.6 Å². The number of hydrogen-bond donors (Lipinski definition) is 0. The summed E-state index contributed by atoms with van der Waals surface area (Å²) in [6.07, 6.45) is 3.44. The molecule has 1 fully saturated rings. The summed E-state index contributed by atoms with van der Waals surface area (Å²) in [5, 5.41) is 0. The third-order valence-electron chi connectivity index (χ3n) is 4.80. The second-order valence-corrected chi connectivity index (χ2v) is 8.63. The minimum atomic E-state index is -3.69. The van der Waals surface area contributed by atoms with Crippen molar-refractivity contribution in [2.45, 2.75) is 24.7 Å². The molecule has 0 saturated carbocycles. The second-order valence-electron chi connectivity index (χ2n) is 6.66. The molecule has 0 unspecified atom stereocenters. The van der Waals surface area contributed by atoms with E-state index in [0.717, 1.165) is 12.8 Å². The fourth-order valence-corrected chi connectivity index (χ4v) is 4.20. The molecule has 2 aromatic rings. The number of rotatable bonds is 4. The lowest BCUT2D eigenvalue weighted by molar-refractivity contribution is 0.0691. The lowest BCUT2D eigenvalue weighted by atomic mass is 9.99. The SMILES string of the molecule is CC1CCN(C(=O)c2cc(N(C)S(=O)(=O)c3ccccc3)ccn2)CC1. The predicted molar refractivity (Wildman–Crippen MR) is 101 cm³/mol. The molecule has 7 heteroatoms. The normalized spacial score (nSPS) is 15.7. The van der Waals surface area contributed by atoms with E-state index in [1.807, 2.05) is 0 Å². The van der Waals surface area contributed by atoms with E-state index in [2.05, 4.69) is 11.9 Å². The highest BCUT2D eigenvalue weighted by Gasteiger charge is 2.25. The second kappa shape index (κ2) is 7.45. The van der Waals surface area contributed by atoms with Gasteiger partial charge in [0.2, 0.25) is 0 Å². The van der Waals surface area contributed by atoms with Crippen molar-refractivity contribution in [1.82, 2.24) is 9.88 Å². The number of aromatic nitrogens is 1. The Labute approximate surface area is 154 Å². The molecule has 1 aromatic carbocycles. The minimum absolute atomic E-state index is 0.149. The van der Waals surface area contributed by atoms with Crippen molar-refractivity contribution in [3.63, 3.8) is 0 Å². The molecule has 1 aliphatic rings. The molecule has 0 N–H and O–H groups in total. The first-order valence-electron chi connectivity index (χ1n) is 8.69. The van der Waals surface area contributed by atoms with Crippen molar-refractivity contribution in [1.29, 1.82) is 0 Å². The molecule has 0 atom stereocenters. The topological polar surface area (TPSA) is 70.6 Å². The van der Waals surface area contributed by atoms with Gasteiger partial charge in [-0.1, -0.05) is 25.1 Å². The number of carbonyl (C=O) groups is 1. The number of likely N-dealkylation sites (tertiary alicyclic amines) is 1. The zero-order valence-corrected chi connectivity index (χ0v) is 15.8. The van der Waals surface area contributed by atoms with Crippen molar-refractivity contribution in [2.24, 2.45) is 5.92 Å². The van der Waals surface area contributed by atoms with Crippen LogP contribution in [0.4, 0.5) is 5.69 Å². The maximum atomic E-state index is 12.8. The number of nitrogens with zero attached hydrogens (tertiary/aromatic N) is 3. The van der Waals surface area contributed by atoms with Gasteiger partial charge in [0.25, 0.3) is 15.9 Å². The van der Waals surface area contributed by atoms with Crippen LogP contribution in [0.15, 0.2) is 53.6 Å². The van der Waals surface area contributed by atoms with Crippen molar-refractivity contribution in [3.8, 4) is 0 Å². The smallest absolute Gasteiger partial charge is 0.272 e. The first kappa shape index (κ1) is 18.4. The molecule has 1 aliphatic heterocycles. The van der Waals surface area contributed by atoms with E-state index in [9.17, 15) is 13.2 Å². The number of benzene rings is 1. The minimum Gasteiger partial charge on any atom is -0.337 e. The molecule has 26 heavy (non-hydrogen) atoms. The van der Waals surface area contributed by atoms with Crippen LogP contribution >= 0.6 is 0 Å². The molecule has 0 radical (unpaired) electrons. The maximum Gasteiger partial charge on any atom is 0.272 e. The Kier molecular flexibility index (Phi) is 5.27. The molecule has 6 nitrogen and oxygen atoms in total. The van der Waals surface area contributed by atoms with Gasteiger partial charge in [0.05, 0.1) is 10.6 Å². The number of pyridine rings is 1. The Morgan fingerprint density at radius 1 is 1.15 bits per heavy atom. The Morgan fingerprint density at radius 2 is 1.81 bits per heavy atom. The summed E-state index contributed by atoms with van der Waals surface area (Å²) in [4.78, 5) is 18.8. The number of anilines is 1. The summed E-state index contributed by atoms with van der Waals surface area (Å²) < 4.78 is 26.7. The van der Waals surface area contributed by atoms with E-state index in [4.69, 9.17) is 0 Å². The van der Waals surface area contributed by atoms with Crippen LogP contribution in [0.1, 0.15) is 30.3 Å². The Hall–Kier alpha value is -2.41. The fraction of sp³-hybridized carbons (Fsp3) is 0.368. The van der Waals surface area contributed by atoms with Gasteiger partial charge in [-0.05, 0) is 43.0 Å². The summed E-state index contributed by atoms with van der Waals surface area (Å²) in [6.45, 7) is 3.61. The highest BCUT2D eigenvalue weighted by molar-refractivity contribution is 7.92. The van der Waals surface area contributed by atoms with E-state index in [0.29, 0.717) is 24.7 Å². The van der Waals surface area contributed by atoms with Gasteiger partial charge in [0.15, 0.2) is 0 Å². The molecule has 2 heterocycles. The number of carbonyl (C=O) groups excluding carboxylic acids is 1. The monoisotopic (exact) mass is 373 g/mol. The molecule has 3 rings (SSSR count). The quantitative estimate of drug-likeness (QED) is 0.826. The summed E-state index contributed by atoms with van der Waals surface area (Å²) in [7, 11) is -2.21. The number of sulfonamides is 1. The van der Waals surface area contributed by atoms with Gasteiger partial charge in [0, 0.05) is 26.3 Å². The summed E-state index contributed by atoms with van der Waals surface area (Å²) in [5.74, 6) is 0.477. The van der Waals surface area contributed by atoms with E-state index in [1.54, 1.807) is 47.4 Å². The summed E-state index contributed by atoms with van der Waals surface area (Å²) in [5.41, 5.74) is 0.685. The molecule has 138 valence electrons. The Morgan fingerprint density at radius 3 is 2.46 bits per heavy atom. The molecule has 1 aromatic heterocycles. The highest BCUT2D eigenvalue weighted by Crippen LogP contribution is 2.23. The van der Waals surface area contributed by atoms with Crippen LogP contribution in [0.5, 0.6) is 0 Å². The first-order valence-corrected chi connectivity index (χ1v) is 10.1. The summed E-state index contributed by atoms with van der Waals surface area (Å²) >= 11 is 0. The van der Waals surface area contributed by atoms with Gasteiger partial charge in [-0.2, -0.15) is 0 Å². The molecular formula is C19H23N3O3S. The first-order chi connectivity index (χ1) is 12.4. The van der Waals surface area contributed by atoms with E-state index in [-0.39, 0.29) is 16.5 Å². The lowest BCUT2D eigenvalue weighted by Gasteiger charge is -2.30. The van der Waals surface area contributed by atoms with Gasteiger partial charge in [-0.15, -0.1) is 0 Å². The third kappa shape index (κ3) is 3.72. The molecule has 1 amide bonds. The van der Waals surface area contributed by atoms with E-state index >= 15 is 0 Å². The maximum absolute atomic E-state index is 12.8. The van der Waals surface area contributed by atoms with E-state index < -0.39 is 10.0 Å². The van der Waals surface area contributed by atoms with Gasteiger partial charge in [0.1, 0.15) is 5.69 Å². The van der Waals surface area contributed by atoms with Crippen molar-refractivity contribution in [2.75, 3.05) is 24.4 Å². The van der Waals surface area contributed by atoms with Gasteiger partial charge in [-0.25, -0.2) is 8.42 Å². The van der Waals surface area contributed by atoms with Crippen LogP contribution in [0, 0.1) is 5.92 Å². The largest absolute Gasteiger partial charge is 0.337 e. The molecule has 1 saturated heterocycles. The molecule has 0 spiro atoms. The zero-order chi connectivity index (χ0) is 18.7. The van der Waals surface area contributed by atoms with Gasteiger partial charge in [-0.3, -0.25) is 14.1 Å². The van der Waals surface area contributed by atoms with Crippen LogP contribution in [-0.2, 0) is 10.0 Å². The standard InChI is InChI=1S/C19H23N3O3S/c1-15-9-12-22(13-10-15)19(23)18-14-16(8-11-20-18)21(2)26(24,25)17-6-4-3-5-7-17/h3-8,11,14-15H,9-10,12-13H2,1-2H3. The van der Waals surface area contributed by atoms with Crippen LogP contribution in [0.2, 0.25) is 0 Å². The third-order valence-corrected chi connectivity index (χ3v) is 6.60. The summed E-state index contributed by atoms with van der Waals surface area (Å²) in [6, 6.07) is 11.4.